The molecule has 2 saturated heterocycles. The van der Waals surface area contributed by atoms with E-state index in [1.807, 2.05) is 5.01 Å². The molecule has 2 fully saturated rings. The van der Waals surface area contributed by atoms with E-state index in [9.17, 15) is 18.0 Å². The second-order valence-corrected chi connectivity index (χ2v) is 6.32. The van der Waals surface area contributed by atoms with E-state index in [1.165, 1.54) is 18.2 Å². The first-order chi connectivity index (χ1) is 11.9. The maximum atomic E-state index is 12.8. The summed E-state index contributed by atoms with van der Waals surface area (Å²) in [7, 11) is 0. The molecule has 0 saturated carbocycles. The van der Waals surface area contributed by atoms with Crippen molar-refractivity contribution in [1.29, 1.82) is 0 Å². The number of hydrogen-bond donors (Lipinski definition) is 3. The van der Waals surface area contributed by atoms with Gasteiger partial charge in [0.1, 0.15) is 0 Å². The highest BCUT2D eigenvalue weighted by atomic mass is 19.4. The number of benzene rings is 1. The maximum absolute atomic E-state index is 12.8. The SMILES string of the molecule is C=CC(=O)NCC1NN(c2ccc(C(F)(F)F)cc2)C2CCNCC12. The van der Waals surface area contributed by atoms with Gasteiger partial charge in [0.2, 0.25) is 5.91 Å². The summed E-state index contributed by atoms with van der Waals surface area (Å²) < 4.78 is 38.3. The average Bonchev–Trinajstić information content (AvgIpc) is 2.98. The van der Waals surface area contributed by atoms with Crippen LogP contribution in [0.2, 0.25) is 0 Å². The molecule has 3 atom stereocenters. The van der Waals surface area contributed by atoms with Crippen molar-refractivity contribution >= 4 is 11.6 Å². The smallest absolute Gasteiger partial charge is 0.351 e. The Labute approximate surface area is 144 Å². The van der Waals surface area contributed by atoms with Crippen LogP contribution in [0.4, 0.5) is 18.9 Å². The molecule has 1 aromatic rings. The Balaban J connectivity index is 1.76. The molecule has 8 heteroatoms. The fourth-order valence-electron chi connectivity index (χ4n) is 3.53. The van der Waals surface area contributed by atoms with Crippen molar-refractivity contribution in [2.45, 2.75) is 24.7 Å². The minimum atomic E-state index is -4.34. The van der Waals surface area contributed by atoms with Crippen LogP contribution in [0.25, 0.3) is 0 Å². The first-order valence-electron chi connectivity index (χ1n) is 8.24. The van der Waals surface area contributed by atoms with E-state index in [2.05, 4.69) is 22.6 Å². The second-order valence-electron chi connectivity index (χ2n) is 6.32. The predicted molar refractivity (Wildman–Crippen MR) is 88.8 cm³/mol. The van der Waals surface area contributed by atoms with E-state index in [0.717, 1.165) is 31.6 Å². The standard InChI is InChI=1S/C17H21F3N4O/c1-2-16(25)22-10-14-13-9-21-8-7-15(13)24(23-14)12-5-3-11(4-6-12)17(18,19)20/h2-6,13-15,21,23H,1,7-10H2,(H,22,25). The van der Waals surface area contributed by atoms with Gasteiger partial charge in [-0.15, -0.1) is 0 Å². The third kappa shape index (κ3) is 3.80. The summed E-state index contributed by atoms with van der Waals surface area (Å²) in [4.78, 5) is 11.4. The molecule has 3 rings (SSSR count). The number of halogens is 3. The molecule has 1 amide bonds. The first kappa shape index (κ1) is 17.8. The number of hydrazine groups is 1. The van der Waals surface area contributed by atoms with Crippen molar-refractivity contribution in [3.05, 3.63) is 42.5 Å². The largest absolute Gasteiger partial charge is 0.416 e. The molecule has 1 aromatic carbocycles. The van der Waals surface area contributed by atoms with Gasteiger partial charge in [0, 0.05) is 25.0 Å². The molecule has 2 aliphatic rings. The van der Waals surface area contributed by atoms with Gasteiger partial charge < -0.3 is 15.6 Å². The van der Waals surface area contributed by atoms with Crippen LogP contribution in [0, 0.1) is 5.92 Å². The monoisotopic (exact) mass is 354 g/mol. The molecular formula is C17H21F3N4O. The summed E-state index contributed by atoms with van der Waals surface area (Å²) in [6, 6.07) is 5.34. The van der Waals surface area contributed by atoms with Gasteiger partial charge >= 0.3 is 6.18 Å². The minimum Gasteiger partial charge on any atom is -0.351 e. The topological polar surface area (TPSA) is 56.4 Å². The molecule has 136 valence electrons. The van der Waals surface area contributed by atoms with Crippen LogP contribution in [-0.4, -0.2) is 37.6 Å². The normalized spacial score (nSPS) is 26.2. The molecule has 5 nitrogen and oxygen atoms in total. The average molecular weight is 354 g/mol. The highest BCUT2D eigenvalue weighted by molar-refractivity contribution is 5.86. The van der Waals surface area contributed by atoms with Crippen molar-refractivity contribution in [3.63, 3.8) is 0 Å². The molecule has 0 aromatic heterocycles. The Morgan fingerprint density at radius 1 is 1.36 bits per heavy atom. The highest BCUT2D eigenvalue weighted by Gasteiger charge is 2.43. The van der Waals surface area contributed by atoms with Gasteiger partial charge in [-0.3, -0.25) is 4.79 Å². The number of hydrogen-bond acceptors (Lipinski definition) is 4. The van der Waals surface area contributed by atoms with Gasteiger partial charge in [-0.1, -0.05) is 6.58 Å². The molecule has 2 heterocycles. The van der Waals surface area contributed by atoms with E-state index >= 15 is 0 Å². The number of piperidine rings is 1. The number of rotatable bonds is 4. The number of carbonyl (C=O) groups is 1. The van der Waals surface area contributed by atoms with Crippen LogP contribution in [0.5, 0.6) is 0 Å². The van der Waals surface area contributed by atoms with Crippen LogP contribution in [0.3, 0.4) is 0 Å². The summed E-state index contributed by atoms with van der Waals surface area (Å²) in [5, 5.41) is 8.07. The van der Waals surface area contributed by atoms with E-state index in [4.69, 9.17) is 0 Å². The lowest BCUT2D eigenvalue weighted by Crippen LogP contribution is -2.46. The molecule has 25 heavy (non-hydrogen) atoms. The third-order valence-corrected chi connectivity index (χ3v) is 4.80. The van der Waals surface area contributed by atoms with E-state index in [-0.39, 0.29) is 23.9 Å². The number of amides is 1. The van der Waals surface area contributed by atoms with Crippen LogP contribution < -0.4 is 21.1 Å². The van der Waals surface area contributed by atoms with Crippen molar-refractivity contribution in [2.75, 3.05) is 24.6 Å². The Kier molecular flexibility index (Phi) is 5.01. The predicted octanol–water partition coefficient (Wildman–Crippen LogP) is 1.68. The highest BCUT2D eigenvalue weighted by Crippen LogP contribution is 2.34. The molecular weight excluding hydrogens is 333 g/mol. The molecule has 3 N–H and O–H groups in total. The molecule has 0 aliphatic carbocycles. The Morgan fingerprint density at radius 3 is 2.72 bits per heavy atom. The summed E-state index contributed by atoms with van der Waals surface area (Å²) in [6.07, 6.45) is -2.24. The Bertz CT molecular complexity index is 632. The van der Waals surface area contributed by atoms with Gasteiger partial charge in [-0.2, -0.15) is 13.2 Å². The number of alkyl halides is 3. The van der Waals surface area contributed by atoms with Crippen molar-refractivity contribution in [2.24, 2.45) is 5.92 Å². The molecule has 0 bridgehead atoms. The zero-order valence-electron chi connectivity index (χ0n) is 13.6. The zero-order valence-corrected chi connectivity index (χ0v) is 13.6. The Morgan fingerprint density at radius 2 is 2.08 bits per heavy atom. The first-order valence-corrected chi connectivity index (χ1v) is 8.24. The molecule has 0 radical (unpaired) electrons. The lowest BCUT2D eigenvalue weighted by molar-refractivity contribution is -0.137. The number of anilines is 1. The fourth-order valence-corrected chi connectivity index (χ4v) is 3.53. The molecule has 2 aliphatic heterocycles. The summed E-state index contributed by atoms with van der Waals surface area (Å²) in [5.74, 6) is 0.0104. The van der Waals surface area contributed by atoms with Crippen molar-refractivity contribution in [3.8, 4) is 0 Å². The van der Waals surface area contributed by atoms with Crippen LogP contribution >= 0.6 is 0 Å². The molecule has 0 spiro atoms. The minimum absolute atomic E-state index is 0.00370. The second kappa shape index (κ2) is 7.05. The summed E-state index contributed by atoms with van der Waals surface area (Å²) in [6.45, 7) is 5.51. The fraction of sp³-hybridized carbons (Fsp3) is 0.471. The Hall–Kier alpha value is -2.06. The van der Waals surface area contributed by atoms with Gasteiger partial charge in [-0.25, -0.2) is 5.43 Å². The summed E-state index contributed by atoms with van der Waals surface area (Å²) in [5.41, 5.74) is 3.39. The van der Waals surface area contributed by atoms with E-state index in [1.54, 1.807) is 0 Å². The van der Waals surface area contributed by atoms with Crippen LogP contribution in [0.15, 0.2) is 36.9 Å². The van der Waals surface area contributed by atoms with Gasteiger partial charge in [0.15, 0.2) is 0 Å². The maximum Gasteiger partial charge on any atom is 0.416 e. The molecule has 3 unspecified atom stereocenters. The van der Waals surface area contributed by atoms with Gasteiger partial charge in [0.25, 0.3) is 0 Å². The lowest BCUT2D eigenvalue weighted by Gasteiger charge is -2.32. The number of nitrogens with one attached hydrogen (secondary N) is 3. The number of fused-ring (bicyclic) bond motifs is 1. The van der Waals surface area contributed by atoms with Crippen LogP contribution in [0.1, 0.15) is 12.0 Å². The number of nitrogens with zero attached hydrogens (tertiary/aromatic N) is 1. The van der Waals surface area contributed by atoms with Crippen molar-refractivity contribution in [1.82, 2.24) is 16.1 Å². The van der Waals surface area contributed by atoms with Crippen molar-refractivity contribution < 1.29 is 18.0 Å². The lowest BCUT2D eigenvalue weighted by atomic mass is 9.89. The quantitative estimate of drug-likeness (QED) is 0.720. The third-order valence-electron chi connectivity index (χ3n) is 4.80. The van der Waals surface area contributed by atoms with E-state index in [0.29, 0.717) is 12.2 Å². The zero-order chi connectivity index (χ0) is 18.0. The number of carbonyl (C=O) groups excluding carboxylic acids is 1. The van der Waals surface area contributed by atoms with E-state index < -0.39 is 11.7 Å². The van der Waals surface area contributed by atoms with Crippen LogP contribution in [-0.2, 0) is 11.0 Å². The summed E-state index contributed by atoms with van der Waals surface area (Å²) >= 11 is 0. The van der Waals surface area contributed by atoms with Gasteiger partial charge in [0.05, 0.1) is 17.3 Å². The van der Waals surface area contributed by atoms with Gasteiger partial charge in [-0.05, 0) is 43.3 Å².